The number of amides is 1. The van der Waals surface area contributed by atoms with Crippen LogP contribution in [0.3, 0.4) is 0 Å². The Balaban J connectivity index is 2.48. The summed E-state index contributed by atoms with van der Waals surface area (Å²) >= 11 is 0. The lowest BCUT2D eigenvalue weighted by Gasteiger charge is -2.34. The second-order valence-corrected chi connectivity index (χ2v) is 4.96. The van der Waals surface area contributed by atoms with Crippen molar-refractivity contribution in [1.29, 1.82) is 0 Å². The summed E-state index contributed by atoms with van der Waals surface area (Å²) in [5.41, 5.74) is -3.14. The van der Waals surface area contributed by atoms with Gasteiger partial charge in [0.05, 0.1) is 13.4 Å². The largest absolute Gasteiger partial charge is 0.466 e. The number of halogens is 3. The maximum Gasteiger partial charge on any atom is 0.441 e. The molecule has 134 valence electrons. The number of hydrogen-bond acceptors (Lipinski definition) is 6. The average molecular weight is 357 g/mol. The van der Waals surface area contributed by atoms with E-state index in [1.54, 1.807) is 18.3 Å². The summed E-state index contributed by atoms with van der Waals surface area (Å²) in [6.45, 7) is 1.56. The molecule has 0 radical (unpaired) electrons. The number of rotatable bonds is 5. The first-order valence-corrected chi connectivity index (χ1v) is 6.92. The van der Waals surface area contributed by atoms with Crippen LogP contribution in [-0.2, 0) is 9.53 Å². The Kier molecular flexibility index (Phi) is 5.00. The minimum absolute atomic E-state index is 0.275. The molecule has 10 heteroatoms. The third kappa shape index (κ3) is 3.73. The lowest BCUT2D eigenvalue weighted by atomic mass is 10.1. The van der Waals surface area contributed by atoms with E-state index in [1.807, 2.05) is 5.32 Å². The van der Waals surface area contributed by atoms with Gasteiger partial charge in [0.15, 0.2) is 5.76 Å². The van der Waals surface area contributed by atoms with Crippen molar-refractivity contribution in [2.75, 3.05) is 12.4 Å². The molecule has 0 aliphatic rings. The number of carbonyl (C=O) groups is 2. The molecule has 2 rings (SSSR count). The molecule has 0 saturated heterocycles. The smallest absolute Gasteiger partial charge is 0.441 e. The fraction of sp³-hybridized carbons (Fsp3) is 0.267. The van der Waals surface area contributed by atoms with E-state index in [-0.39, 0.29) is 5.82 Å². The number of aromatic nitrogens is 1. The molecule has 0 saturated carbocycles. The monoisotopic (exact) mass is 357 g/mol. The highest BCUT2D eigenvalue weighted by atomic mass is 19.4. The highest BCUT2D eigenvalue weighted by Crippen LogP contribution is 2.33. The number of esters is 1. The first-order chi connectivity index (χ1) is 11.7. The summed E-state index contributed by atoms with van der Waals surface area (Å²) in [4.78, 5) is 27.9. The van der Waals surface area contributed by atoms with Crippen LogP contribution in [0.15, 0.2) is 41.0 Å². The van der Waals surface area contributed by atoms with Crippen molar-refractivity contribution in [2.24, 2.45) is 0 Å². The van der Waals surface area contributed by atoms with E-state index in [4.69, 9.17) is 4.42 Å². The average Bonchev–Trinajstić information content (AvgIpc) is 3.06. The van der Waals surface area contributed by atoms with Gasteiger partial charge < -0.3 is 19.8 Å². The Labute approximate surface area is 140 Å². The zero-order chi connectivity index (χ0) is 18.7. The molecule has 0 aliphatic carbocycles. The van der Waals surface area contributed by atoms with Gasteiger partial charge in [-0.2, -0.15) is 13.2 Å². The van der Waals surface area contributed by atoms with E-state index in [9.17, 15) is 22.8 Å². The lowest BCUT2D eigenvalue weighted by Crippen LogP contribution is -2.69. The number of nitrogens with zero attached hydrogens (tertiary/aromatic N) is 1. The topological polar surface area (TPSA) is 93.5 Å². The van der Waals surface area contributed by atoms with Crippen LogP contribution in [-0.4, -0.2) is 35.8 Å². The third-order valence-corrected chi connectivity index (χ3v) is 3.17. The normalized spacial score (nSPS) is 13.6. The minimum atomic E-state index is -5.24. The number of nitrogens with one attached hydrogen (secondary N) is 2. The lowest BCUT2D eigenvalue weighted by molar-refractivity contribution is -0.203. The van der Waals surface area contributed by atoms with Crippen LogP contribution in [0.5, 0.6) is 0 Å². The molecule has 0 spiro atoms. The predicted molar refractivity (Wildman–Crippen MR) is 79.6 cm³/mol. The summed E-state index contributed by atoms with van der Waals surface area (Å²) in [5, 5.41) is 3.54. The number of aryl methyl sites for hydroxylation is 1. The Hall–Kier alpha value is -3.04. The van der Waals surface area contributed by atoms with Gasteiger partial charge in [-0.15, -0.1) is 0 Å². The Morgan fingerprint density at radius 2 is 1.92 bits per heavy atom. The number of pyridine rings is 1. The molecule has 2 aromatic rings. The van der Waals surface area contributed by atoms with Gasteiger partial charge in [0.1, 0.15) is 5.82 Å². The van der Waals surface area contributed by atoms with E-state index in [1.165, 1.54) is 18.2 Å². The zero-order valence-electron chi connectivity index (χ0n) is 13.2. The number of ether oxygens (including phenoxy) is 1. The van der Waals surface area contributed by atoms with Crippen LogP contribution >= 0.6 is 0 Å². The molecule has 2 N–H and O–H groups in total. The third-order valence-electron chi connectivity index (χ3n) is 3.17. The van der Waals surface area contributed by atoms with Crippen LogP contribution in [0.4, 0.5) is 19.0 Å². The second kappa shape index (κ2) is 6.83. The van der Waals surface area contributed by atoms with Crippen LogP contribution in [0.2, 0.25) is 0 Å². The number of furan rings is 1. The van der Waals surface area contributed by atoms with Gasteiger partial charge in [0, 0.05) is 5.69 Å². The molecule has 2 heterocycles. The molecule has 7 nitrogen and oxygen atoms in total. The summed E-state index contributed by atoms with van der Waals surface area (Å²) in [6, 6.07) is 6.68. The first-order valence-electron chi connectivity index (χ1n) is 6.92. The summed E-state index contributed by atoms with van der Waals surface area (Å²) in [7, 11) is 0.771. The van der Waals surface area contributed by atoms with Crippen molar-refractivity contribution in [2.45, 2.75) is 18.8 Å². The molecule has 1 amide bonds. The molecular formula is C15H14F3N3O4. The number of hydrogen-bond donors (Lipinski definition) is 2. The van der Waals surface area contributed by atoms with Crippen LogP contribution in [0, 0.1) is 6.92 Å². The van der Waals surface area contributed by atoms with Gasteiger partial charge in [-0.3, -0.25) is 4.79 Å². The molecule has 0 fully saturated rings. The van der Waals surface area contributed by atoms with Crippen molar-refractivity contribution < 1.29 is 31.9 Å². The van der Waals surface area contributed by atoms with Crippen LogP contribution in [0.1, 0.15) is 16.2 Å². The summed E-state index contributed by atoms with van der Waals surface area (Å²) in [6.07, 6.45) is -4.13. The van der Waals surface area contributed by atoms with Crippen molar-refractivity contribution in [3.05, 3.63) is 48.0 Å². The summed E-state index contributed by atoms with van der Waals surface area (Å²) in [5.74, 6) is -3.70. The van der Waals surface area contributed by atoms with Crippen molar-refractivity contribution >= 4 is 17.7 Å². The van der Waals surface area contributed by atoms with Crippen molar-refractivity contribution in [3.8, 4) is 0 Å². The number of carbonyl (C=O) groups excluding carboxylic acids is 2. The molecule has 2 aromatic heterocycles. The number of anilines is 1. The Morgan fingerprint density at radius 1 is 1.20 bits per heavy atom. The van der Waals surface area contributed by atoms with Crippen molar-refractivity contribution in [1.82, 2.24) is 10.3 Å². The molecule has 1 unspecified atom stereocenters. The van der Waals surface area contributed by atoms with E-state index in [0.29, 0.717) is 5.69 Å². The predicted octanol–water partition coefficient (Wildman–Crippen LogP) is 2.26. The Bertz CT molecular complexity index is 762. The van der Waals surface area contributed by atoms with Gasteiger partial charge in [-0.05, 0) is 31.2 Å². The maximum atomic E-state index is 13.8. The molecule has 1 atom stereocenters. The summed E-state index contributed by atoms with van der Waals surface area (Å²) < 4.78 is 50.3. The van der Waals surface area contributed by atoms with Crippen molar-refractivity contribution in [3.63, 3.8) is 0 Å². The second-order valence-electron chi connectivity index (χ2n) is 4.96. The van der Waals surface area contributed by atoms with Crippen LogP contribution in [0.25, 0.3) is 0 Å². The molecule has 0 aromatic carbocycles. The zero-order valence-corrected chi connectivity index (χ0v) is 13.2. The van der Waals surface area contributed by atoms with E-state index >= 15 is 0 Å². The molecular weight excluding hydrogens is 343 g/mol. The fourth-order valence-electron chi connectivity index (χ4n) is 1.99. The number of methoxy groups -OCH3 is 1. The van der Waals surface area contributed by atoms with E-state index < -0.39 is 29.5 Å². The van der Waals surface area contributed by atoms with Gasteiger partial charge in [0.25, 0.3) is 5.91 Å². The van der Waals surface area contributed by atoms with Gasteiger partial charge in [-0.1, -0.05) is 6.07 Å². The van der Waals surface area contributed by atoms with E-state index in [2.05, 4.69) is 9.72 Å². The highest BCUT2D eigenvalue weighted by Gasteiger charge is 2.64. The van der Waals surface area contributed by atoms with Gasteiger partial charge in [-0.25, -0.2) is 9.78 Å². The molecule has 0 aliphatic heterocycles. The standard InChI is InChI=1S/C15H14F3N3O4/c1-9-5-3-7-11(19-9)20-14(13(23)24-2,15(16,17)18)21-12(22)10-6-4-8-25-10/h3-8H,1-2H3,(H,19,20)(H,21,22). The molecule has 0 bridgehead atoms. The Morgan fingerprint density at radius 3 is 2.44 bits per heavy atom. The minimum Gasteiger partial charge on any atom is -0.466 e. The van der Waals surface area contributed by atoms with Gasteiger partial charge >= 0.3 is 17.8 Å². The quantitative estimate of drug-likeness (QED) is 0.630. The first kappa shape index (κ1) is 18.3. The molecule has 25 heavy (non-hydrogen) atoms. The maximum absolute atomic E-state index is 13.8. The SMILES string of the molecule is COC(=O)C(NC(=O)c1ccco1)(Nc1cccc(C)n1)C(F)(F)F. The fourth-order valence-corrected chi connectivity index (χ4v) is 1.99. The van der Waals surface area contributed by atoms with Crippen LogP contribution < -0.4 is 10.6 Å². The van der Waals surface area contributed by atoms with E-state index in [0.717, 1.165) is 19.4 Å². The highest BCUT2D eigenvalue weighted by molar-refractivity contribution is 5.97. The van der Waals surface area contributed by atoms with Gasteiger partial charge in [0.2, 0.25) is 0 Å². The number of alkyl halides is 3.